The number of aliphatic imine (C=N–C) groups is 1. The maximum Gasteiger partial charge on any atom is 0.191 e. The molecular formula is C18H32N4O3S2. The zero-order valence-corrected chi connectivity index (χ0v) is 18.1. The Morgan fingerprint density at radius 1 is 1.41 bits per heavy atom. The van der Waals surface area contributed by atoms with Gasteiger partial charge in [-0.05, 0) is 31.7 Å². The van der Waals surface area contributed by atoms with Crippen LogP contribution in [0.1, 0.15) is 31.2 Å². The van der Waals surface area contributed by atoms with Crippen LogP contribution in [0.2, 0.25) is 0 Å². The van der Waals surface area contributed by atoms with E-state index in [1.165, 1.54) is 11.1 Å². The minimum absolute atomic E-state index is 0.0288. The summed E-state index contributed by atoms with van der Waals surface area (Å²) in [7, 11) is -2.95. The van der Waals surface area contributed by atoms with Gasteiger partial charge in [-0.15, -0.1) is 11.3 Å². The first-order chi connectivity index (χ1) is 12.9. The van der Waals surface area contributed by atoms with Gasteiger partial charge in [-0.2, -0.15) is 0 Å². The number of nitrogens with one attached hydrogen (secondary N) is 2. The van der Waals surface area contributed by atoms with Crippen LogP contribution in [-0.4, -0.2) is 76.7 Å². The van der Waals surface area contributed by atoms with E-state index in [0.29, 0.717) is 13.0 Å². The highest BCUT2D eigenvalue weighted by Crippen LogP contribution is 2.26. The summed E-state index contributed by atoms with van der Waals surface area (Å²) in [4.78, 5) is 8.53. The highest BCUT2D eigenvalue weighted by molar-refractivity contribution is 7.90. The van der Waals surface area contributed by atoms with Crippen molar-refractivity contribution < 1.29 is 13.2 Å². The molecule has 0 bridgehead atoms. The molecule has 2 atom stereocenters. The van der Waals surface area contributed by atoms with E-state index >= 15 is 0 Å². The van der Waals surface area contributed by atoms with Crippen LogP contribution >= 0.6 is 11.3 Å². The molecule has 0 saturated carbocycles. The van der Waals surface area contributed by atoms with Crippen LogP contribution in [0.3, 0.4) is 0 Å². The summed E-state index contributed by atoms with van der Waals surface area (Å²) in [6.45, 7) is 8.74. The zero-order chi connectivity index (χ0) is 19.7. The third kappa shape index (κ3) is 8.16. The number of ether oxygens (including phenoxy) is 1. The van der Waals surface area contributed by atoms with Gasteiger partial charge in [0.05, 0.1) is 31.6 Å². The number of guanidine groups is 1. The molecule has 154 valence electrons. The topological polar surface area (TPSA) is 83.0 Å². The van der Waals surface area contributed by atoms with Crippen molar-refractivity contribution in [3.8, 4) is 0 Å². The summed E-state index contributed by atoms with van der Waals surface area (Å²) in [5.41, 5.74) is 0. The van der Waals surface area contributed by atoms with Crippen molar-refractivity contribution in [1.82, 2.24) is 15.5 Å². The van der Waals surface area contributed by atoms with Gasteiger partial charge in [0.15, 0.2) is 5.96 Å². The van der Waals surface area contributed by atoms with Crippen LogP contribution in [0.15, 0.2) is 22.5 Å². The Hall–Kier alpha value is -1.16. The second-order valence-electron chi connectivity index (χ2n) is 6.86. The number of rotatable bonds is 9. The molecule has 2 unspecified atom stereocenters. The number of hydrogen-bond donors (Lipinski definition) is 2. The summed E-state index contributed by atoms with van der Waals surface area (Å²) in [5, 5.41) is 8.69. The fraction of sp³-hybridized carbons (Fsp3) is 0.722. The molecular weight excluding hydrogens is 384 g/mol. The lowest BCUT2D eigenvalue weighted by Crippen LogP contribution is -2.44. The predicted molar refractivity (Wildman–Crippen MR) is 112 cm³/mol. The molecule has 1 saturated heterocycles. The van der Waals surface area contributed by atoms with E-state index in [1.807, 2.05) is 13.8 Å². The van der Waals surface area contributed by atoms with Crippen LogP contribution in [0.5, 0.6) is 0 Å². The van der Waals surface area contributed by atoms with E-state index in [0.717, 1.165) is 38.8 Å². The number of morpholine rings is 1. The molecule has 2 rings (SSSR count). The molecule has 1 fully saturated rings. The van der Waals surface area contributed by atoms with Crippen LogP contribution in [0, 0.1) is 0 Å². The highest BCUT2D eigenvalue weighted by atomic mass is 32.2. The third-order valence-electron chi connectivity index (χ3n) is 4.43. The van der Waals surface area contributed by atoms with Crippen LogP contribution in [0.4, 0.5) is 0 Å². The number of thiophene rings is 1. The minimum Gasteiger partial charge on any atom is -0.379 e. The van der Waals surface area contributed by atoms with E-state index < -0.39 is 9.84 Å². The molecule has 0 aliphatic carbocycles. The summed E-state index contributed by atoms with van der Waals surface area (Å²) < 4.78 is 28.3. The Morgan fingerprint density at radius 3 is 2.74 bits per heavy atom. The first kappa shape index (κ1) is 22.1. The summed E-state index contributed by atoms with van der Waals surface area (Å²) >= 11 is 1.76. The molecule has 0 radical (unpaired) electrons. The van der Waals surface area contributed by atoms with Crippen molar-refractivity contribution in [3.05, 3.63) is 22.4 Å². The van der Waals surface area contributed by atoms with E-state index in [4.69, 9.17) is 9.73 Å². The average Bonchev–Trinajstić information content (AvgIpc) is 3.15. The lowest BCUT2D eigenvalue weighted by molar-refractivity contribution is 0.0186. The van der Waals surface area contributed by atoms with Gasteiger partial charge in [0, 0.05) is 36.8 Å². The van der Waals surface area contributed by atoms with Gasteiger partial charge in [-0.1, -0.05) is 6.07 Å². The quantitative estimate of drug-likeness (QED) is 0.469. The Morgan fingerprint density at radius 2 is 2.15 bits per heavy atom. The minimum atomic E-state index is -2.95. The second-order valence-corrected chi connectivity index (χ2v) is 10.1. The predicted octanol–water partition coefficient (Wildman–Crippen LogP) is 1.50. The first-order valence-corrected chi connectivity index (χ1v) is 12.4. The molecule has 0 amide bonds. The molecule has 1 aliphatic heterocycles. The largest absolute Gasteiger partial charge is 0.379 e. The first-order valence-electron chi connectivity index (χ1n) is 9.47. The van der Waals surface area contributed by atoms with Gasteiger partial charge in [-0.3, -0.25) is 9.89 Å². The van der Waals surface area contributed by atoms with Gasteiger partial charge in [0.25, 0.3) is 0 Å². The second kappa shape index (κ2) is 11.0. The van der Waals surface area contributed by atoms with Crippen molar-refractivity contribution in [3.63, 3.8) is 0 Å². The third-order valence-corrected chi connectivity index (χ3v) is 6.38. The molecule has 27 heavy (non-hydrogen) atoms. The Kier molecular flexibility index (Phi) is 9.01. The molecule has 2 N–H and O–H groups in total. The molecule has 2 heterocycles. The molecule has 1 aliphatic rings. The monoisotopic (exact) mass is 416 g/mol. The standard InChI is InChI=1S/C18H32N4O3S2/c1-4-19-18(21-15(2)7-13-27(3,23)24)20-14-16(17-6-5-12-26-17)22-8-10-25-11-9-22/h5-6,12,15-16H,4,7-11,13-14H2,1-3H3,(H2,19,20,21). The van der Waals surface area contributed by atoms with Crippen molar-refractivity contribution in [1.29, 1.82) is 0 Å². The maximum atomic E-state index is 11.4. The van der Waals surface area contributed by atoms with Gasteiger partial charge in [0.1, 0.15) is 9.84 Å². The van der Waals surface area contributed by atoms with E-state index in [1.54, 1.807) is 11.3 Å². The smallest absolute Gasteiger partial charge is 0.191 e. The van der Waals surface area contributed by atoms with Crippen molar-refractivity contribution in [2.45, 2.75) is 32.4 Å². The van der Waals surface area contributed by atoms with E-state index in [-0.39, 0.29) is 17.8 Å². The molecule has 1 aromatic rings. The lowest BCUT2D eigenvalue weighted by Gasteiger charge is -2.33. The lowest BCUT2D eigenvalue weighted by atomic mass is 10.2. The Balaban J connectivity index is 2.02. The van der Waals surface area contributed by atoms with Crippen LogP contribution in [-0.2, 0) is 14.6 Å². The SMILES string of the molecule is CCNC(=NCC(c1cccs1)N1CCOCC1)NC(C)CCS(C)(=O)=O. The van der Waals surface area contributed by atoms with Crippen molar-refractivity contribution in [2.24, 2.45) is 4.99 Å². The van der Waals surface area contributed by atoms with E-state index in [9.17, 15) is 8.42 Å². The fourth-order valence-electron chi connectivity index (χ4n) is 2.95. The van der Waals surface area contributed by atoms with Crippen molar-refractivity contribution >= 4 is 27.1 Å². The van der Waals surface area contributed by atoms with Gasteiger partial charge >= 0.3 is 0 Å². The molecule has 0 spiro atoms. The molecule has 0 aromatic carbocycles. The Bertz CT molecular complexity index is 671. The maximum absolute atomic E-state index is 11.4. The van der Waals surface area contributed by atoms with Crippen molar-refractivity contribution in [2.75, 3.05) is 51.4 Å². The molecule has 7 nitrogen and oxygen atoms in total. The number of hydrogen-bond acceptors (Lipinski definition) is 6. The summed E-state index contributed by atoms with van der Waals surface area (Å²) in [6.07, 6.45) is 1.83. The van der Waals surface area contributed by atoms with Gasteiger partial charge in [0.2, 0.25) is 0 Å². The number of sulfone groups is 1. The van der Waals surface area contributed by atoms with E-state index in [2.05, 4.69) is 33.0 Å². The summed E-state index contributed by atoms with van der Waals surface area (Å²) in [5.74, 6) is 0.903. The number of nitrogens with zero attached hydrogens (tertiary/aromatic N) is 2. The Labute approximate surface area is 167 Å². The van der Waals surface area contributed by atoms with Crippen LogP contribution < -0.4 is 10.6 Å². The van der Waals surface area contributed by atoms with Gasteiger partial charge < -0.3 is 15.4 Å². The van der Waals surface area contributed by atoms with Crippen LogP contribution in [0.25, 0.3) is 0 Å². The average molecular weight is 417 g/mol. The summed E-state index contributed by atoms with van der Waals surface area (Å²) in [6, 6.07) is 4.50. The highest BCUT2D eigenvalue weighted by Gasteiger charge is 2.23. The normalized spacial score (nSPS) is 18.9. The zero-order valence-electron chi connectivity index (χ0n) is 16.5. The fourth-order valence-corrected chi connectivity index (χ4v) is 4.58. The van der Waals surface area contributed by atoms with Gasteiger partial charge in [-0.25, -0.2) is 8.42 Å². The molecule has 1 aromatic heterocycles. The molecule has 9 heteroatoms.